The SMILES string of the molecule is CC(C)(N)CC(=O)n1c(=O)oc2cc(N)ccc21. The van der Waals surface area contributed by atoms with Crippen molar-refractivity contribution in [1.29, 1.82) is 0 Å². The Balaban J connectivity index is 2.54. The summed E-state index contributed by atoms with van der Waals surface area (Å²) in [6.07, 6.45) is 0.0475. The molecule has 1 aromatic carbocycles. The van der Waals surface area contributed by atoms with Crippen molar-refractivity contribution in [3.63, 3.8) is 0 Å². The van der Waals surface area contributed by atoms with Crippen LogP contribution in [0, 0.1) is 0 Å². The first-order valence-electron chi connectivity index (χ1n) is 5.51. The van der Waals surface area contributed by atoms with Gasteiger partial charge in [-0.1, -0.05) is 0 Å². The molecule has 1 heterocycles. The molecule has 4 N–H and O–H groups in total. The summed E-state index contributed by atoms with van der Waals surface area (Å²) in [6, 6.07) is 4.69. The third kappa shape index (κ3) is 2.28. The molecule has 6 heteroatoms. The van der Waals surface area contributed by atoms with Crippen LogP contribution in [0.3, 0.4) is 0 Å². The Labute approximate surface area is 103 Å². The molecule has 0 saturated heterocycles. The van der Waals surface area contributed by atoms with Crippen molar-refractivity contribution < 1.29 is 9.21 Å². The first-order chi connectivity index (χ1) is 8.28. The number of nitrogen functional groups attached to an aromatic ring is 1. The number of hydrogen-bond acceptors (Lipinski definition) is 5. The highest BCUT2D eigenvalue weighted by atomic mass is 16.4. The van der Waals surface area contributed by atoms with E-state index in [1.54, 1.807) is 26.0 Å². The third-order valence-electron chi connectivity index (χ3n) is 2.46. The maximum Gasteiger partial charge on any atom is 0.426 e. The van der Waals surface area contributed by atoms with E-state index < -0.39 is 17.2 Å². The average molecular weight is 249 g/mol. The van der Waals surface area contributed by atoms with Gasteiger partial charge in [0.15, 0.2) is 5.58 Å². The number of rotatable bonds is 2. The summed E-state index contributed by atoms with van der Waals surface area (Å²) in [6.45, 7) is 3.44. The van der Waals surface area contributed by atoms with Crippen LogP contribution in [0.2, 0.25) is 0 Å². The van der Waals surface area contributed by atoms with Crippen molar-refractivity contribution in [3.8, 4) is 0 Å². The van der Waals surface area contributed by atoms with E-state index in [-0.39, 0.29) is 6.42 Å². The zero-order chi connectivity index (χ0) is 13.5. The normalized spacial score (nSPS) is 11.9. The summed E-state index contributed by atoms with van der Waals surface area (Å²) in [7, 11) is 0. The van der Waals surface area contributed by atoms with Gasteiger partial charge in [0.1, 0.15) is 0 Å². The number of nitrogens with zero attached hydrogens (tertiary/aromatic N) is 1. The molecule has 96 valence electrons. The smallest absolute Gasteiger partial charge is 0.407 e. The number of nitrogens with two attached hydrogens (primary N) is 2. The van der Waals surface area contributed by atoms with Crippen molar-refractivity contribution in [2.75, 3.05) is 5.73 Å². The summed E-state index contributed by atoms with van der Waals surface area (Å²) >= 11 is 0. The first-order valence-corrected chi connectivity index (χ1v) is 5.51. The fourth-order valence-corrected chi connectivity index (χ4v) is 1.74. The van der Waals surface area contributed by atoms with Crippen LogP contribution in [0.1, 0.15) is 25.1 Å². The minimum Gasteiger partial charge on any atom is -0.407 e. The van der Waals surface area contributed by atoms with Crippen LogP contribution < -0.4 is 17.2 Å². The lowest BCUT2D eigenvalue weighted by Gasteiger charge is -2.16. The minimum atomic E-state index is -0.718. The van der Waals surface area contributed by atoms with E-state index in [2.05, 4.69) is 0 Å². The number of hydrogen-bond donors (Lipinski definition) is 2. The molecule has 0 amide bonds. The molecule has 0 radical (unpaired) electrons. The first kappa shape index (κ1) is 12.4. The molecule has 0 atom stereocenters. The van der Waals surface area contributed by atoms with Crippen LogP contribution in [-0.2, 0) is 0 Å². The second kappa shape index (κ2) is 3.99. The molecule has 1 aromatic heterocycles. The quantitative estimate of drug-likeness (QED) is 0.771. The molecule has 0 saturated carbocycles. The molecule has 0 aliphatic heterocycles. The molecular weight excluding hydrogens is 234 g/mol. The van der Waals surface area contributed by atoms with Crippen LogP contribution in [0.25, 0.3) is 11.1 Å². The Kier molecular flexibility index (Phi) is 2.74. The Morgan fingerprint density at radius 3 is 2.72 bits per heavy atom. The van der Waals surface area contributed by atoms with Crippen LogP contribution in [0.15, 0.2) is 27.4 Å². The van der Waals surface area contributed by atoms with Crippen LogP contribution in [-0.4, -0.2) is 16.0 Å². The summed E-state index contributed by atoms with van der Waals surface area (Å²) in [5, 5.41) is 0. The lowest BCUT2D eigenvalue weighted by atomic mass is 10.0. The van der Waals surface area contributed by atoms with E-state index in [9.17, 15) is 9.59 Å². The Morgan fingerprint density at radius 1 is 1.44 bits per heavy atom. The van der Waals surface area contributed by atoms with Crippen LogP contribution in [0.5, 0.6) is 0 Å². The zero-order valence-corrected chi connectivity index (χ0v) is 10.3. The predicted octanol–water partition coefficient (Wildman–Crippen LogP) is 0.944. The maximum absolute atomic E-state index is 12.0. The van der Waals surface area contributed by atoms with E-state index in [1.807, 2.05) is 0 Å². The Morgan fingerprint density at radius 2 is 2.11 bits per heavy atom. The molecule has 0 bridgehead atoms. The molecule has 6 nitrogen and oxygen atoms in total. The van der Waals surface area contributed by atoms with Gasteiger partial charge in [0.05, 0.1) is 5.52 Å². The lowest BCUT2D eigenvalue weighted by Crippen LogP contribution is -2.38. The monoisotopic (exact) mass is 249 g/mol. The van der Waals surface area contributed by atoms with Crippen molar-refractivity contribution in [1.82, 2.24) is 4.57 Å². The van der Waals surface area contributed by atoms with Crippen LogP contribution in [0.4, 0.5) is 5.69 Å². The van der Waals surface area contributed by atoms with E-state index in [0.29, 0.717) is 16.8 Å². The fraction of sp³-hybridized carbons (Fsp3) is 0.333. The van der Waals surface area contributed by atoms with E-state index in [4.69, 9.17) is 15.9 Å². The number of benzene rings is 1. The molecule has 0 aliphatic carbocycles. The molecular formula is C12H15N3O3. The minimum absolute atomic E-state index is 0.0475. The van der Waals surface area contributed by atoms with Crippen molar-refractivity contribution in [3.05, 3.63) is 28.7 Å². The summed E-state index contributed by atoms with van der Waals surface area (Å²) in [5.74, 6) is -1.11. The molecule has 0 unspecified atom stereocenters. The third-order valence-corrected chi connectivity index (χ3v) is 2.46. The lowest BCUT2D eigenvalue weighted by molar-refractivity contribution is 0.0875. The maximum atomic E-state index is 12.0. The van der Waals surface area contributed by atoms with Crippen molar-refractivity contribution in [2.24, 2.45) is 5.73 Å². The standard InChI is InChI=1S/C12H15N3O3/c1-12(2,14)6-10(16)15-8-4-3-7(13)5-9(8)18-11(15)17/h3-5H,6,13-14H2,1-2H3. The summed E-state index contributed by atoms with van der Waals surface area (Å²) in [4.78, 5) is 23.7. The fourth-order valence-electron chi connectivity index (χ4n) is 1.74. The average Bonchev–Trinajstić information content (AvgIpc) is 2.50. The molecule has 0 aliphatic rings. The second-order valence-corrected chi connectivity index (χ2v) is 4.99. The number of fused-ring (bicyclic) bond motifs is 1. The van der Waals surface area contributed by atoms with Gasteiger partial charge in [0.2, 0.25) is 5.91 Å². The molecule has 0 fully saturated rings. The number of oxazole rings is 1. The topological polar surface area (TPSA) is 104 Å². The summed E-state index contributed by atoms with van der Waals surface area (Å²) < 4.78 is 5.97. The number of carbonyl (C=O) groups is 1. The van der Waals surface area contributed by atoms with E-state index in [1.165, 1.54) is 6.07 Å². The Hall–Kier alpha value is -2.08. The van der Waals surface area contributed by atoms with E-state index >= 15 is 0 Å². The highest BCUT2D eigenvalue weighted by molar-refractivity contribution is 5.90. The van der Waals surface area contributed by atoms with Gasteiger partial charge in [-0.2, -0.15) is 0 Å². The van der Waals surface area contributed by atoms with Gasteiger partial charge < -0.3 is 15.9 Å². The van der Waals surface area contributed by atoms with Crippen LogP contribution >= 0.6 is 0 Å². The molecule has 2 rings (SSSR count). The largest absolute Gasteiger partial charge is 0.426 e. The van der Waals surface area contributed by atoms with Gasteiger partial charge in [0, 0.05) is 23.7 Å². The number of anilines is 1. The van der Waals surface area contributed by atoms with Crippen molar-refractivity contribution in [2.45, 2.75) is 25.8 Å². The van der Waals surface area contributed by atoms with Gasteiger partial charge in [-0.3, -0.25) is 4.79 Å². The van der Waals surface area contributed by atoms with Gasteiger partial charge in [0.25, 0.3) is 0 Å². The molecule has 18 heavy (non-hydrogen) atoms. The van der Waals surface area contributed by atoms with Gasteiger partial charge >= 0.3 is 5.76 Å². The Bertz CT molecular complexity index is 661. The second-order valence-electron chi connectivity index (χ2n) is 4.99. The number of carbonyl (C=O) groups excluding carboxylic acids is 1. The van der Waals surface area contributed by atoms with Gasteiger partial charge in [-0.05, 0) is 26.0 Å². The predicted molar refractivity (Wildman–Crippen MR) is 68.4 cm³/mol. The summed E-state index contributed by atoms with van der Waals surface area (Å²) in [5.41, 5.74) is 11.8. The zero-order valence-electron chi connectivity index (χ0n) is 10.3. The van der Waals surface area contributed by atoms with E-state index in [0.717, 1.165) is 4.57 Å². The molecule has 0 spiro atoms. The van der Waals surface area contributed by atoms with Crippen molar-refractivity contribution >= 4 is 22.7 Å². The van der Waals surface area contributed by atoms with Gasteiger partial charge in [-0.25, -0.2) is 9.36 Å². The molecule has 2 aromatic rings. The number of aromatic nitrogens is 1. The van der Waals surface area contributed by atoms with Gasteiger partial charge in [-0.15, -0.1) is 0 Å². The highest BCUT2D eigenvalue weighted by Crippen LogP contribution is 2.17. The highest BCUT2D eigenvalue weighted by Gasteiger charge is 2.22.